The highest BCUT2D eigenvalue weighted by Crippen LogP contribution is 2.32. The smallest absolute Gasteiger partial charge is 0.144 e. The molecule has 2 aromatic carbocycles. The minimum absolute atomic E-state index is 0.00587. The summed E-state index contributed by atoms with van der Waals surface area (Å²) >= 11 is 8.00. The third-order valence-corrected chi connectivity index (χ3v) is 3.19. The van der Waals surface area contributed by atoms with Gasteiger partial charge in [0.25, 0.3) is 0 Å². The van der Waals surface area contributed by atoms with Crippen LogP contribution in [0.2, 0.25) is 0 Å². The standard InChI is InChI=1S/C13H8BrF2NOS/c14-8-5-4-7(15)6-11(8)18-10-3-1-2-9(16)12(10)13(17)19/h1-6H,(H2,17,19). The van der Waals surface area contributed by atoms with Gasteiger partial charge in [-0.25, -0.2) is 8.78 Å². The molecule has 0 heterocycles. The van der Waals surface area contributed by atoms with Crippen molar-refractivity contribution >= 4 is 33.1 Å². The lowest BCUT2D eigenvalue weighted by molar-refractivity contribution is 0.467. The van der Waals surface area contributed by atoms with Crippen molar-refractivity contribution in [3.63, 3.8) is 0 Å². The molecule has 0 fully saturated rings. The second-order valence-electron chi connectivity index (χ2n) is 3.65. The van der Waals surface area contributed by atoms with Crippen molar-refractivity contribution in [1.29, 1.82) is 0 Å². The van der Waals surface area contributed by atoms with Gasteiger partial charge in [-0.3, -0.25) is 0 Å². The largest absolute Gasteiger partial charge is 0.455 e. The van der Waals surface area contributed by atoms with Gasteiger partial charge >= 0.3 is 0 Å². The summed E-state index contributed by atoms with van der Waals surface area (Å²) in [5, 5.41) is 0. The zero-order valence-corrected chi connectivity index (χ0v) is 11.9. The molecule has 0 spiro atoms. The zero-order valence-electron chi connectivity index (χ0n) is 9.49. The van der Waals surface area contributed by atoms with Crippen molar-refractivity contribution < 1.29 is 13.5 Å². The maximum absolute atomic E-state index is 13.7. The molecule has 0 aliphatic carbocycles. The molecule has 0 saturated heterocycles. The first-order chi connectivity index (χ1) is 8.99. The van der Waals surface area contributed by atoms with E-state index in [4.69, 9.17) is 22.7 Å². The van der Waals surface area contributed by atoms with E-state index in [1.807, 2.05) is 0 Å². The van der Waals surface area contributed by atoms with Crippen LogP contribution in [0.15, 0.2) is 40.9 Å². The van der Waals surface area contributed by atoms with E-state index in [-0.39, 0.29) is 22.1 Å². The van der Waals surface area contributed by atoms with Crippen molar-refractivity contribution in [2.45, 2.75) is 0 Å². The molecule has 0 atom stereocenters. The maximum atomic E-state index is 13.7. The summed E-state index contributed by atoms with van der Waals surface area (Å²) < 4.78 is 32.8. The van der Waals surface area contributed by atoms with Crippen LogP contribution in [0.5, 0.6) is 11.5 Å². The highest BCUT2D eigenvalue weighted by atomic mass is 79.9. The Kier molecular flexibility index (Phi) is 4.11. The molecule has 0 aromatic heterocycles. The van der Waals surface area contributed by atoms with Gasteiger partial charge < -0.3 is 10.5 Å². The second kappa shape index (κ2) is 5.63. The van der Waals surface area contributed by atoms with Crippen LogP contribution in [0.25, 0.3) is 0 Å². The fourth-order valence-corrected chi connectivity index (χ4v) is 2.03. The third-order valence-electron chi connectivity index (χ3n) is 2.33. The number of rotatable bonds is 3. The number of nitrogens with two attached hydrogens (primary N) is 1. The molecule has 19 heavy (non-hydrogen) atoms. The molecule has 2 N–H and O–H groups in total. The molecule has 0 radical (unpaired) electrons. The molecule has 6 heteroatoms. The normalized spacial score (nSPS) is 10.3. The topological polar surface area (TPSA) is 35.2 Å². The Morgan fingerprint density at radius 3 is 2.58 bits per heavy atom. The number of ether oxygens (including phenoxy) is 1. The molecular weight excluding hydrogens is 336 g/mol. The van der Waals surface area contributed by atoms with Gasteiger partial charge in [-0.15, -0.1) is 0 Å². The van der Waals surface area contributed by atoms with Gasteiger partial charge in [0.2, 0.25) is 0 Å². The van der Waals surface area contributed by atoms with Crippen molar-refractivity contribution in [3.8, 4) is 11.5 Å². The van der Waals surface area contributed by atoms with E-state index in [0.717, 1.165) is 0 Å². The van der Waals surface area contributed by atoms with Crippen LogP contribution >= 0.6 is 28.1 Å². The fraction of sp³-hybridized carbons (Fsp3) is 0. The highest BCUT2D eigenvalue weighted by Gasteiger charge is 2.14. The van der Waals surface area contributed by atoms with E-state index in [1.165, 1.54) is 36.4 Å². The van der Waals surface area contributed by atoms with Crippen molar-refractivity contribution in [3.05, 3.63) is 58.1 Å². The summed E-state index contributed by atoms with van der Waals surface area (Å²) in [5.74, 6) is -0.703. The fourth-order valence-electron chi connectivity index (χ4n) is 1.50. The number of hydrogen-bond acceptors (Lipinski definition) is 2. The van der Waals surface area contributed by atoms with E-state index in [2.05, 4.69) is 15.9 Å². The first-order valence-electron chi connectivity index (χ1n) is 5.20. The van der Waals surface area contributed by atoms with Crippen molar-refractivity contribution in [2.75, 3.05) is 0 Å². The Labute approximate surface area is 122 Å². The van der Waals surface area contributed by atoms with Gasteiger partial charge in [0.1, 0.15) is 28.1 Å². The Morgan fingerprint density at radius 2 is 1.89 bits per heavy atom. The molecule has 2 rings (SSSR count). The van der Waals surface area contributed by atoms with Crippen LogP contribution in [0, 0.1) is 11.6 Å². The van der Waals surface area contributed by atoms with E-state index < -0.39 is 11.6 Å². The number of hydrogen-bond donors (Lipinski definition) is 1. The summed E-state index contributed by atoms with van der Waals surface area (Å²) in [6.45, 7) is 0. The van der Waals surface area contributed by atoms with Gasteiger partial charge in [0.05, 0.1) is 10.0 Å². The summed E-state index contributed by atoms with van der Waals surface area (Å²) in [6.07, 6.45) is 0. The summed E-state index contributed by atoms with van der Waals surface area (Å²) in [7, 11) is 0. The molecule has 0 aliphatic rings. The van der Waals surface area contributed by atoms with Gasteiger partial charge in [0.15, 0.2) is 0 Å². The molecule has 0 unspecified atom stereocenters. The summed E-state index contributed by atoms with van der Waals surface area (Å²) in [6, 6.07) is 8.14. The average molecular weight is 344 g/mol. The van der Waals surface area contributed by atoms with E-state index in [9.17, 15) is 8.78 Å². The minimum atomic E-state index is -0.586. The van der Waals surface area contributed by atoms with Crippen LogP contribution in [-0.4, -0.2) is 4.99 Å². The molecule has 98 valence electrons. The SMILES string of the molecule is NC(=S)c1c(F)cccc1Oc1cc(F)ccc1Br. The highest BCUT2D eigenvalue weighted by molar-refractivity contribution is 9.10. The first kappa shape index (κ1) is 13.9. The van der Waals surface area contributed by atoms with Crippen LogP contribution in [0.3, 0.4) is 0 Å². The van der Waals surface area contributed by atoms with Crippen LogP contribution in [0.4, 0.5) is 8.78 Å². The Bertz CT molecular complexity index is 649. The van der Waals surface area contributed by atoms with Crippen LogP contribution in [-0.2, 0) is 0 Å². The van der Waals surface area contributed by atoms with Crippen LogP contribution < -0.4 is 10.5 Å². The molecule has 0 amide bonds. The lowest BCUT2D eigenvalue weighted by Crippen LogP contribution is -2.13. The molecule has 0 saturated carbocycles. The molecular formula is C13H8BrF2NOS. The Balaban J connectivity index is 2.46. The quantitative estimate of drug-likeness (QED) is 0.850. The van der Waals surface area contributed by atoms with Crippen molar-refractivity contribution in [2.24, 2.45) is 5.73 Å². The number of benzene rings is 2. The van der Waals surface area contributed by atoms with Crippen LogP contribution in [0.1, 0.15) is 5.56 Å². The second-order valence-corrected chi connectivity index (χ2v) is 4.95. The van der Waals surface area contributed by atoms with E-state index in [0.29, 0.717) is 4.47 Å². The molecule has 2 nitrogen and oxygen atoms in total. The van der Waals surface area contributed by atoms with Crippen molar-refractivity contribution in [1.82, 2.24) is 0 Å². The monoisotopic (exact) mass is 343 g/mol. The summed E-state index contributed by atoms with van der Waals surface area (Å²) in [5.41, 5.74) is 5.46. The zero-order chi connectivity index (χ0) is 14.0. The van der Waals surface area contributed by atoms with Gasteiger partial charge in [-0.05, 0) is 40.2 Å². The maximum Gasteiger partial charge on any atom is 0.144 e. The summed E-state index contributed by atoms with van der Waals surface area (Å²) in [4.78, 5) is -0.124. The molecule has 0 bridgehead atoms. The number of halogens is 3. The Morgan fingerprint density at radius 1 is 1.16 bits per heavy atom. The van der Waals surface area contributed by atoms with Gasteiger partial charge in [0, 0.05) is 6.07 Å². The van der Waals surface area contributed by atoms with Gasteiger partial charge in [-0.2, -0.15) is 0 Å². The van der Waals surface area contributed by atoms with E-state index in [1.54, 1.807) is 0 Å². The predicted molar refractivity (Wildman–Crippen MR) is 76.5 cm³/mol. The van der Waals surface area contributed by atoms with E-state index >= 15 is 0 Å². The lowest BCUT2D eigenvalue weighted by Gasteiger charge is -2.12. The average Bonchev–Trinajstić information content (AvgIpc) is 2.33. The number of thiocarbonyl (C=S) groups is 1. The van der Waals surface area contributed by atoms with Gasteiger partial charge in [-0.1, -0.05) is 18.3 Å². The predicted octanol–water partition coefficient (Wildman–Crippen LogP) is 4.15. The minimum Gasteiger partial charge on any atom is -0.455 e. The molecule has 0 aliphatic heterocycles. The lowest BCUT2D eigenvalue weighted by atomic mass is 10.2. The molecule has 2 aromatic rings. The first-order valence-corrected chi connectivity index (χ1v) is 6.40. The Hall–Kier alpha value is -1.53. The third kappa shape index (κ3) is 3.08.